The number of fused-ring (bicyclic) bond motifs is 3. The Bertz CT molecular complexity index is 4370. The molecule has 10 aromatic rings. The maximum Gasteiger partial charge on any atom is 0.197 e. The minimum absolute atomic E-state index is 0.0639. The van der Waals surface area contributed by atoms with E-state index in [2.05, 4.69) is 123 Å². The highest BCUT2D eigenvalue weighted by atomic mass is 35.5. The Labute approximate surface area is 555 Å². The number of anilines is 3. The number of hydrogen-bond donors (Lipinski definition) is 3. The predicted molar refractivity (Wildman–Crippen MR) is 362 cm³/mol. The molecule has 486 valence electrons. The van der Waals surface area contributed by atoms with E-state index in [1.807, 2.05) is 6.20 Å². The van der Waals surface area contributed by atoms with Crippen LogP contribution in [0, 0.1) is 20.8 Å². The second-order valence-electron chi connectivity index (χ2n) is 24.7. The Morgan fingerprint density at radius 1 is 0.479 bits per heavy atom. The maximum atomic E-state index is 6.21. The summed E-state index contributed by atoms with van der Waals surface area (Å²) < 4.78 is 33.4. The van der Waals surface area contributed by atoms with Crippen molar-refractivity contribution in [1.29, 1.82) is 0 Å². The Morgan fingerprint density at radius 2 is 0.851 bits per heavy atom. The third-order valence-corrected chi connectivity index (χ3v) is 18.2. The van der Waals surface area contributed by atoms with Crippen LogP contribution < -0.4 is 31.4 Å². The van der Waals surface area contributed by atoms with E-state index < -0.39 is 0 Å². The van der Waals surface area contributed by atoms with Gasteiger partial charge in [-0.1, -0.05) is 29.3 Å². The van der Waals surface area contributed by atoms with Gasteiger partial charge in [0.25, 0.3) is 0 Å². The lowest BCUT2D eigenvalue weighted by Crippen LogP contribution is -2.27. The van der Waals surface area contributed by atoms with Crippen LogP contribution in [-0.2, 0) is 48.4 Å². The molecule has 0 aliphatic carbocycles. The lowest BCUT2D eigenvalue weighted by atomic mass is 9.92. The molecule has 5 aliphatic rings. The van der Waals surface area contributed by atoms with Gasteiger partial charge in [0.15, 0.2) is 57.9 Å². The smallest absolute Gasteiger partial charge is 0.197 e. The summed E-state index contributed by atoms with van der Waals surface area (Å²) >= 11 is 12.4. The van der Waals surface area contributed by atoms with Crippen molar-refractivity contribution in [1.82, 2.24) is 73.9 Å². The monoisotopic (exact) mass is 1310 g/mol. The summed E-state index contributed by atoms with van der Waals surface area (Å²) in [7, 11) is 6.45. The van der Waals surface area contributed by atoms with Crippen LogP contribution in [0.15, 0.2) is 110 Å². The van der Waals surface area contributed by atoms with Gasteiger partial charge in [-0.15, -0.1) is 0 Å². The standard InChI is InChI=1S/C24H22Cl2N6O.C23H28N6O2.C22H26N6O2/c1-14-8-15(9-16-12-31(2)7-6-18(14)16)21-11-28-23(27)24(30-21)32-13-17(10-29-32)33-22-19(25)4-3-5-20(22)26;1-15-9-16(10-17-13-28(2)6-3-20(15)17)21-12-25-22(24)23(27-21)29-14-19(11-26-29)31-18-4-7-30-8-5-18;1-14-7-15(8-16-11-27(2)5-3-19(14)16)20-10-24-21(23)22(26-20)28-12-18(9-25-28)30-17-4-6-29-13-17/h3-5,8-11,13H,6-7,12H2,1-2H3,(H2,27,28);9-12,14,18H,3-8,13H2,1-2H3,(H2,24,25);7-10,12,17H,3-6,11,13H2,1-2H3,(H2,23,24). The van der Waals surface area contributed by atoms with Crippen molar-refractivity contribution in [2.45, 2.75) is 91.1 Å². The first-order chi connectivity index (χ1) is 45.5. The van der Waals surface area contributed by atoms with Crippen LogP contribution in [0.1, 0.15) is 69.3 Å². The molecule has 0 amide bonds. The van der Waals surface area contributed by atoms with Crippen molar-refractivity contribution in [3.8, 4) is 74.2 Å². The molecule has 2 saturated heterocycles. The molecule has 1 atom stereocenters. The highest BCUT2D eigenvalue weighted by molar-refractivity contribution is 6.37. The van der Waals surface area contributed by atoms with Gasteiger partial charge in [0.2, 0.25) is 0 Å². The van der Waals surface area contributed by atoms with Crippen LogP contribution in [0.5, 0.6) is 23.0 Å². The number of ether oxygens (including phenoxy) is 5. The topological polar surface area (TPSA) is 265 Å². The Hall–Kier alpha value is -9.07. The van der Waals surface area contributed by atoms with E-state index in [0.29, 0.717) is 68.7 Å². The normalized spacial score (nSPS) is 16.7. The summed E-state index contributed by atoms with van der Waals surface area (Å²) in [5.41, 5.74) is 36.0. The first-order valence-electron chi connectivity index (χ1n) is 31.6. The zero-order valence-corrected chi connectivity index (χ0v) is 55.1. The van der Waals surface area contributed by atoms with Crippen LogP contribution in [-0.4, -0.2) is 153 Å². The first kappa shape index (κ1) is 63.7. The number of nitrogens with zero attached hydrogens (tertiary/aromatic N) is 15. The second kappa shape index (κ2) is 27.9. The molecule has 23 nitrogen and oxygen atoms in total. The average Bonchev–Trinajstić information content (AvgIpc) is 1.14. The van der Waals surface area contributed by atoms with Gasteiger partial charge >= 0.3 is 0 Å². The van der Waals surface area contributed by atoms with Crippen molar-refractivity contribution in [2.75, 3.05) is 84.4 Å². The lowest BCUT2D eigenvalue weighted by Gasteiger charge is -2.27. The minimum atomic E-state index is 0.0639. The number of benzene rings is 4. The van der Waals surface area contributed by atoms with E-state index in [9.17, 15) is 0 Å². The van der Waals surface area contributed by atoms with Gasteiger partial charge in [0, 0.05) is 75.2 Å². The van der Waals surface area contributed by atoms with Gasteiger partial charge in [-0.25, -0.2) is 43.9 Å². The molecule has 25 heteroatoms. The molecule has 5 aliphatic heterocycles. The molecular formula is C69H76Cl2N18O5. The van der Waals surface area contributed by atoms with E-state index >= 15 is 0 Å². The molecule has 1 unspecified atom stereocenters. The number of hydrogen-bond acceptors (Lipinski definition) is 20. The van der Waals surface area contributed by atoms with Gasteiger partial charge < -0.3 is 55.6 Å². The van der Waals surface area contributed by atoms with Crippen LogP contribution in [0.2, 0.25) is 10.0 Å². The summed E-state index contributed by atoms with van der Waals surface area (Å²) in [6.45, 7) is 15.4. The van der Waals surface area contributed by atoms with Crippen molar-refractivity contribution < 1.29 is 23.7 Å². The predicted octanol–water partition coefficient (Wildman–Crippen LogP) is 10.4. The zero-order chi connectivity index (χ0) is 65.1. The van der Waals surface area contributed by atoms with Crippen molar-refractivity contribution >= 4 is 40.7 Å². The van der Waals surface area contributed by atoms with Crippen molar-refractivity contribution in [3.63, 3.8) is 0 Å². The number of likely N-dealkylation sites (N-methyl/N-ethyl adjacent to an activating group) is 3. The molecule has 15 rings (SSSR count). The Balaban J connectivity index is 0.000000128. The van der Waals surface area contributed by atoms with Gasteiger partial charge in [0.05, 0.1) is 109 Å². The number of rotatable bonds is 12. The third kappa shape index (κ3) is 14.4. The number of nitrogens with two attached hydrogens (primary N) is 3. The fourth-order valence-electron chi connectivity index (χ4n) is 12.6. The zero-order valence-electron chi connectivity index (χ0n) is 53.6. The quantitative estimate of drug-likeness (QED) is 0.103. The van der Waals surface area contributed by atoms with E-state index in [-0.39, 0.29) is 18.0 Å². The average molecular weight is 1310 g/mol. The number of nitrogen functional groups attached to an aromatic ring is 3. The van der Waals surface area contributed by atoms with Crippen LogP contribution in [0.3, 0.4) is 0 Å². The summed E-state index contributed by atoms with van der Waals surface area (Å²) in [5, 5.41) is 14.0. The number of halogens is 2. The second-order valence-corrected chi connectivity index (χ2v) is 25.5. The summed E-state index contributed by atoms with van der Waals surface area (Å²) in [6, 6.07) is 18.3. The van der Waals surface area contributed by atoms with E-state index in [1.54, 1.807) is 77.1 Å². The minimum Gasteiger partial charge on any atom is -0.487 e. The van der Waals surface area contributed by atoms with E-state index in [0.717, 1.165) is 131 Å². The lowest BCUT2D eigenvalue weighted by molar-refractivity contribution is 0.0255. The highest BCUT2D eigenvalue weighted by Crippen LogP contribution is 2.38. The Kier molecular flexibility index (Phi) is 18.9. The van der Waals surface area contributed by atoms with E-state index in [4.69, 9.17) is 79.0 Å². The fraction of sp³-hybridized carbons (Fsp3) is 0.348. The van der Waals surface area contributed by atoms with Crippen LogP contribution in [0.25, 0.3) is 51.2 Å². The molecule has 0 saturated carbocycles. The van der Waals surface area contributed by atoms with Gasteiger partial charge in [-0.05, 0) is 160 Å². The van der Waals surface area contributed by atoms with Crippen molar-refractivity contribution in [2.24, 2.45) is 0 Å². The molecule has 2 fully saturated rings. The summed E-state index contributed by atoms with van der Waals surface area (Å²) in [5.74, 6) is 4.52. The summed E-state index contributed by atoms with van der Waals surface area (Å²) in [4.78, 5) is 34.5. The van der Waals surface area contributed by atoms with Crippen LogP contribution >= 0.6 is 23.2 Å². The fourth-order valence-corrected chi connectivity index (χ4v) is 13.1. The molecule has 6 N–H and O–H groups in total. The molecule has 4 aromatic carbocycles. The Morgan fingerprint density at radius 3 is 1.26 bits per heavy atom. The molecule has 0 bridgehead atoms. The molecule has 6 aromatic heterocycles. The van der Waals surface area contributed by atoms with Gasteiger partial charge in [-0.2, -0.15) is 15.3 Å². The molecule has 94 heavy (non-hydrogen) atoms. The number of aromatic nitrogens is 12. The third-order valence-electron chi connectivity index (χ3n) is 17.6. The number of para-hydroxylation sites is 1. The SMILES string of the molecule is Cc1cc(-c2cnc(N)c(-n3cc(OC4CCOC4)cn3)n2)cc2c1CCN(C)C2.Cc1cc(-c2cnc(N)c(-n3cc(OC4CCOCC4)cn3)n2)cc2c1CCN(C)C2.Cc1cc(-c2cnc(N)c(-n3cc(Oc4c(Cl)cccc4Cl)cn3)n2)cc2c1CCN(C)C2. The molecule has 0 radical (unpaired) electrons. The first-order valence-corrected chi connectivity index (χ1v) is 32.3. The molecular weight excluding hydrogens is 1230 g/mol. The van der Waals surface area contributed by atoms with Crippen LogP contribution in [0.4, 0.5) is 17.5 Å². The molecule has 11 heterocycles. The van der Waals surface area contributed by atoms with E-state index in [1.165, 1.54) is 54.8 Å². The van der Waals surface area contributed by atoms with Crippen molar-refractivity contribution in [3.05, 3.63) is 170 Å². The largest absolute Gasteiger partial charge is 0.487 e. The number of aryl methyl sites for hydroxylation is 3. The summed E-state index contributed by atoms with van der Waals surface area (Å²) in [6.07, 6.45) is 21.4. The van der Waals surface area contributed by atoms with Gasteiger partial charge in [0.1, 0.15) is 12.2 Å². The molecule has 0 spiro atoms. The van der Waals surface area contributed by atoms with Gasteiger partial charge in [-0.3, -0.25) is 0 Å². The maximum absolute atomic E-state index is 6.21. The highest BCUT2D eigenvalue weighted by Gasteiger charge is 2.25.